The van der Waals surface area contributed by atoms with E-state index in [0.29, 0.717) is 0 Å². The number of anilines is 1. The number of hydrogen-bond donors (Lipinski definition) is 1. The lowest BCUT2D eigenvalue weighted by molar-refractivity contribution is 0.123. The van der Waals surface area contributed by atoms with Gasteiger partial charge in [0.1, 0.15) is 5.82 Å². The summed E-state index contributed by atoms with van der Waals surface area (Å²) in [6.45, 7) is 8.20. The fraction of sp³-hybridized carbons (Fsp3) is 0.692. The van der Waals surface area contributed by atoms with Gasteiger partial charge in [0.2, 0.25) is 0 Å². The Hall–Kier alpha value is -1.16. The van der Waals surface area contributed by atoms with E-state index in [9.17, 15) is 5.11 Å². The maximum absolute atomic E-state index is 9.48. The number of aryl methyl sites for hydroxylation is 2. The van der Waals surface area contributed by atoms with Gasteiger partial charge in [-0.05, 0) is 26.7 Å². The van der Waals surface area contributed by atoms with Crippen LogP contribution in [0.25, 0.3) is 0 Å². The Morgan fingerprint density at radius 2 is 2.24 bits per heavy atom. The van der Waals surface area contributed by atoms with Gasteiger partial charge in [-0.3, -0.25) is 4.98 Å². The monoisotopic (exact) mass is 235 g/mol. The summed E-state index contributed by atoms with van der Waals surface area (Å²) in [4.78, 5) is 11.2. The SMILES string of the molecule is Cc1cnc(C)c(N2CCCC(C)(CO)C2)n1. The van der Waals surface area contributed by atoms with Crippen LogP contribution in [0.4, 0.5) is 5.82 Å². The molecule has 94 valence electrons. The summed E-state index contributed by atoms with van der Waals surface area (Å²) in [5, 5.41) is 9.48. The first kappa shape index (κ1) is 12.3. The molecule has 0 amide bonds. The number of rotatable bonds is 2. The van der Waals surface area contributed by atoms with Crippen LogP contribution in [0.1, 0.15) is 31.2 Å². The van der Waals surface area contributed by atoms with Gasteiger partial charge in [0.05, 0.1) is 18.0 Å². The molecule has 0 spiro atoms. The second kappa shape index (κ2) is 4.61. The summed E-state index contributed by atoms with van der Waals surface area (Å²) in [7, 11) is 0. The first-order valence-corrected chi connectivity index (χ1v) is 6.20. The number of aliphatic hydroxyl groups is 1. The van der Waals surface area contributed by atoms with Gasteiger partial charge in [-0.15, -0.1) is 0 Å². The molecule has 0 radical (unpaired) electrons. The number of piperidine rings is 1. The fourth-order valence-electron chi connectivity index (χ4n) is 2.45. The van der Waals surface area contributed by atoms with Crippen LogP contribution in [-0.4, -0.2) is 34.8 Å². The van der Waals surface area contributed by atoms with Gasteiger partial charge in [-0.25, -0.2) is 4.98 Å². The highest BCUT2D eigenvalue weighted by Gasteiger charge is 2.31. The highest BCUT2D eigenvalue weighted by molar-refractivity contribution is 5.44. The molecule has 1 N–H and O–H groups in total. The molecule has 17 heavy (non-hydrogen) atoms. The lowest BCUT2D eigenvalue weighted by Gasteiger charge is -2.40. The van der Waals surface area contributed by atoms with Crippen LogP contribution in [0.2, 0.25) is 0 Å². The topological polar surface area (TPSA) is 49.2 Å². The van der Waals surface area contributed by atoms with E-state index in [1.807, 2.05) is 13.8 Å². The van der Waals surface area contributed by atoms with Crippen molar-refractivity contribution in [1.29, 1.82) is 0 Å². The average Bonchev–Trinajstić information content (AvgIpc) is 2.32. The molecule has 1 aromatic rings. The van der Waals surface area contributed by atoms with Crippen LogP contribution in [0, 0.1) is 19.3 Å². The van der Waals surface area contributed by atoms with Crippen molar-refractivity contribution >= 4 is 5.82 Å². The molecule has 0 saturated carbocycles. The van der Waals surface area contributed by atoms with Crippen molar-refractivity contribution in [1.82, 2.24) is 9.97 Å². The van der Waals surface area contributed by atoms with E-state index >= 15 is 0 Å². The van der Waals surface area contributed by atoms with Crippen LogP contribution in [0.15, 0.2) is 6.20 Å². The number of nitrogens with zero attached hydrogens (tertiary/aromatic N) is 3. The molecule has 4 heteroatoms. The smallest absolute Gasteiger partial charge is 0.150 e. The summed E-state index contributed by atoms with van der Waals surface area (Å²) in [6, 6.07) is 0. The molecule has 1 atom stereocenters. The second-order valence-corrected chi connectivity index (χ2v) is 5.41. The molecular formula is C13H21N3O. The lowest BCUT2D eigenvalue weighted by atomic mass is 9.83. The van der Waals surface area contributed by atoms with Crippen LogP contribution in [0.3, 0.4) is 0 Å². The normalized spacial score (nSPS) is 25.1. The molecule has 1 unspecified atom stereocenters. The lowest BCUT2D eigenvalue weighted by Crippen LogP contribution is -2.44. The van der Waals surface area contributed by atoms with Crippen LogP contribution < -0.4 is 4.90 Å². The van der Waals surface area contributed by atoms with Gasteiger partial charge >= 0.3 is 0 Å². The summed E-state index contributed by atoms with van der Waals surface area (Å²) in [5.41, 5.74) is 1.91. The molecule has 1 aliphatic rings. The van der Waals surface area contributed by atoms with Gasteiger partial charge in [0.15, 0.2) is 0 Å². The molecule has 0 bridgehead atoms. The molecule has 1 saturated heterocycles. The number of aliphatic hydroxyl groups excluding tert-OH is 1. The largest absolute Gasteiger partial charge is 0.396 e. The van der Waals surface area contributed by atoms with Gasteiger partial charge < -0.3 is 10.0 Å². The van der Waals surface area contributed by atoms with Crippen molar-refractivity contribution in [2.75, 3.05) is 24.6 Å². The minimum absolute atomic E-state index is 0.00385. The minimum Gasteiger partial charge on any atom is -0.396 e. The van der Waals surface area contributed by atoms with Crippen molar-refractivity contribution in [3.63, 3.8) is 0 Å². The average molecular weight is 235 g/mol. The maximum atomic E-state index is 9.48. The van der Waals surface area contributed by atoms with Crippen molar-refractivity contribution in [3.8, 4) is 0 Å². The Morgan fingerprint density at radius 1 is 1.47 bits per heavy atom. The van der Waals surface area contributed by atoms with Gasteiger partial charge in [-0.2, -0.15) is 0 Å². The molecular weight excluding hydrogens is 214 g/mol. The Balaban J connectivity index is 2.24. The predicted molar refractivity (Wildman–Crippen MR) is 68.1 cm³/mol. The van der Waals surface area contributed by atoms with Gasteiger partial charge in [-0.1, -0.05) is 6.92 Å². The standard InChI is InChI=1S/C13H21N3O/c1-10-7-14-11(2)12(15-10)16-6-4-5-13(3,8-16)9-17/h7,17H,4-6,8-9H2,1-3H3. The maximum Gasteiger partial charge on any atom is 0.150 e. The van der Waals surface area contributed by atoms with E-state index in [1.54, 1.807) is 6.20 Å². The highest BCUT2D eigenvalue weighted by Crippen LogP contribution is 2.31. The summed E-state index contributed by atoms with van der Waals surface area (Å²) in [6.07, 6.45) is 3.98. The first-order chi connectivity index (χ1) is 8.04. The van der Waals surface area contributed by atoms with E-state index < -0.39 is 0 Å². The van der Waals surface area contributed by atoms with Gasteiger partial charge in [0.25, 0.3) is 0 Å². The molecule has 4 nitrogen and oxygen atoms in total. The third-order valence-corrected chi connectivity index (χ3v) is 3.51. The van der Waals surface area contributed by atoms with Gasteiger partial charge in [0, 0.05) is 24.7 Å². The summed E-state index contributed by atoms with van der Waals surface area (Å²) in [5.74, 6) is 0.976. The van der Waals surface area contributed by atoms with E-state index in [-0.39, 0.29) is 12.0 Å². The predicted octanol–water partition coefficient (Wildman–Crippen LogP) is 1.69. The van der Waals surface area contributed by atoms with Crippen molar-refractivity contribution in [2.24, 2.45) is 5.41 Å². The molecule has 1 fully saturated rings. The highest BCUT2D eigenvalue weighted by atomic mass is 16.3. The second-order valence-electron chi connectivity index (χ2n) is 5.41. The third-order valence-electron chi connectivity index (χ3n) is 3.51. The molecule has 0 aliphatic carbocycles. The zero-order chi connectivity index (χ0) is 12.5. The number of aromatic nitrogens is 2. The molecule has 1 aromatic heterocycles. The van der Waals surface area contributed by atoms with Crippen molar-refractivity contribution < 1.29 is 5.11 Å². The van der Waals surface area contributed by atoms with Crippen molar-refractivity contribution in [3.05, 3.63) is 17.6 Å². The third kappa shape index (κ3) is 2.57. The summed E-state index contributed by atoms with van der Waals surface area (Å²) < 4.78 is 0. The van der Waals surface area contributed by atoms with E-state index in [2.05, 4.69) is 21.8 Å². The Bertz CT molecular complexity index is 408. The van der Waals surface area contributed by atoms with E-state index in [1.165, 1.54) is 0 Å². The van der Waals surface area contributed by atoms with Crippen molar-refractivity contribution in [2.45, 2.75) is 33.6 Å². The Morgan fingerprint density at radius 3 is 2.94 bits per heavy atom. The zero-order valence-corrected chi connectivity index (χ0v) is 10.9. The van der Waals surface area contributed by atoms with E-state index in [4.69, 9.17) is 0 Å². The van der Waals surface area contributed by atoms with Crippen LogP contribution >= 0.6 is 0 Å². The Labute approximate surface area is 103 Å². The van der Waals surface area contributed by atoms with Crippen LogP contribution in [-0.2, 0) is 0 Å². The minimum atomic E-state index is -0.00385. The van der Waals surface area contributed by atoms with E-state index in [0.717, 1.165) is 43.1 Å². The first-order valence-electron chi connectivity index (χ1n) is 6.20. The molecule has 2 rings (SSSR count). The molecule has 1 aliphatic heterocycles. The summed E-state index contributed by atoms with van der Waals surface area (Å²) >= 11 is 0. The van der Waals surface area contributed by atoms with Crippen LogP contribution in [0.5, 0.6) is 0 Å². The molecule has 2 heterocycles. The number of hydrogen-bond acceptors (Lipinski definition) is 4. The zero-order valence-electron chi connectivity index (χ0n) is 10.9. The molecule has 0 aromatic carbocycles. The quantitative estimate of drug-likeness (QED) is 0.847. The fourth-order valence-corrected chi connectivity index (χ4v) is 2.45. The Kier molecular flexibility index (Phi) is 3.33.